The van der Waals surface area contributed by atoms with Crippen LogP contribution in [0, 0.1) is 6.92 Å². The van der Waals surface area contributed by atoms with Crippen LogP contribution in [0.15, 0.2) is 12.1 Å². The number of nitrogens with two attached hydrogens (primary N) is 1. The Morgan fingerprint density at radius 1 is 1.28 bits per heavy atom. The van der Waals surface area contributed by atoms with Crippen LogP contribution in [0.25, 0.3) is 0 Å². The number of nitrogens with zero attached hydrogens (tertiary/aromatic N) is 1. The van der Waals surface area contributed by atoms with Gasteiger partial charge in [0.15, 0.2) is 0 Å². The first-order valence-electron chi connectivity index (χ1n) is 5.71. The molecule has 0 unspecified atom stereocenters. The number of hydrogen-bond donors (Lipinski definition) is 1. The summed E-state index contributed by atoms with van der Waals surface area (Å²) in [6.45, 7) is 2.50. The summed E-state index contributed by atoms with van der Waals surface area (Å²) in [7, 11) is 4.93. The van der Waals surface area contributed by atoms with Crippen molar-refractivity contribution < 1.29 is 14.3 Å². The molecule has 1 rings (SSSR count). The molecular weight excluding hydrogens is 232 g/mol. The second kappa shape index (κ2) is 6.14. The number of amides is 2. The summed E-state index contributed by atoms with van der Waals surface area (Å²) in [4.78, 5) is 12.4. The molecule has 0 aliphatic rings. The first-order chi connectivity index (χ1) is 8.49. The van der Waals surface area contributed by atoms with Crippen molar-refractivity contribution in [3.8, 4) is 11.5 Å². The van der Waals surface area contributed by atoms with Crippen LogP contribution in [0.1, 0.15) is 11.1 Å². The molecule has 0 spiro atoms. The van der Waals surface area contributed by atoms with E-state index in [1.54, 1.807) is 21.3 Å². The average Bonchev–Trinajstić information content (AvgIpc) is 2.36. The van der Waals surface area contributed by atoms with Crippen LogP contribution >= 0.6 is 0 Å². The van der Waals surface area contributed by atoms with E-state index in [1.165, 1.54) is 4.90 Å². The predicted molar refractivity (Wildman–Crippen MR) is 70.2 cm³/mol. The molecular formula is C13H20N2O3. The maximum atomic E-state index is 10.9. The minimum absolute atomic E-state index is 0.437. The van der Waals surface area contributed by atoms with Gasteiger partial charge in [0, 0.05) is 13.6 Å². The fourth-order valence-electron chi connectivity index (χ4n) is 1.71. The van der Waals surface area contributed by atoms with Gasteiger partial charge >= 0.3 is 6.03 Å². The summed E-state index contributed by atoms with van der Waals surface area (Å²) < 4.78 is 10.6. The highest BCUT2D eigenvalue weighted by Crippen LogP contribution is 2.28. The number of carbonyl (C=O) groups excluding carboxylic acids is 1. The molecule has 0 aliphatic heterocycles. The minimum atomic E-state index is -0.437. The van der Waals surface area contributed by atoms with Crippen LogP contribution in [0.4, 0.5) is 4.79 Å². The fourth-order valence-corrected chi connectivity index (χ4v) is 1.71. The summed E-state index contributed by atoms with van der Waals surface area (Å²) >= 11 is 0. The van der Waals surface area contributed by atoms with Crippen LogP contribution in [-0.2, 0) is 6.42 Å². The van der Waals surface area contributed by atoms with Crippen molar-refractivity contribution in [3.05, 3.63) is 23.3 Å². The van der Waals surface area contributed by atoms with Gasteiger partial charge in [-0.25, -0.2) is 4.79 Å². The van der Waals surface area contributed by atoms with Crippen molar-refractivity contribution in [1.29, 1.82) is 0 Å². The first-order valence-corrected chi connectivity index (χ1v) is 5.71. The summed E-state index contributed by atoms with van der Waals surface area (Å²) in [5, 5.41) is 0. The third-order valence-electron chi connectivity index (χ3n) is 2.89. The van der Waals surface area contributed by atoms with Gasteiger partial charge in [0.05, 0.1) is 14.2 Å². The molecule has 0 saturated carbocycles. The number of carbonyl (C=O) groups is 1. The largest absolute Gasteiger partial charge is 0.496 e. The summed E-state index contributed by atoms with van der Waals surface area (Å²) in [6, 6.07) is 3.43. The van der Waals surface area contributed by atoms with Gasteiger partial charge in [0.1, 0.15) is 11.5 Å². The molecule has 2 N–H and O–H groups in total. The number of aryl methyl sites for hydroxylation is 1. The van der Waals surface area contributed by atoms with Crippen molar-refractivity contribution in [2.75, 3.05) is 27.8 Å². The third-order valence-corrected chi connectivity index (χ3v) is 2.89. The number of likely N-dealkylation sites (N-methyl/N-ethyl adjacent to an activating group) is 1. The molecule has 18 heavy (non-hydrogen) atoms. The molecule has 0 aliphatic carbocycles. The van der Waals surface area contributed by atoms with Crippen molar-refractivity contribution >= 4 is 6.03 Å². The van der Waals surface area contributed by atoms with Gasteiger partial charge in [0.2, 0.25) is 0 Å². The van der Waals surface area contributed by atoms with Gasteiger partial charge in [-0.3, -0.25) is 0 Å². The lowest BCUT2D eigenvalue weighted by Gasteiger charge is -2.17. The number of hydrogen-bond acceptors (Lipinski definition) is 3. The Kier molecular flexibility index (Phi) is 4.83. The van der Waals surface area contributed by atoms with Crippen LogP contribution in [0.5, 0.6) is 11.5 Å². The predicted octanol–water partition coefficient (Wildman–Crippen LogP) is 1.57. The smallest absolute Gasteiger partial charge is 0.314 e. The monoisotopic (exact) mass is 252 g/mol. The van der Waals surface area contributed by atoms with E-state index < -0.39 is 6.03 Å². The minimum Gasteiger partial charge on any atom is -0.496 e. The standard InChI is InChI=1S/C13H20N2O3/c1-9-7-12(18-4)10(8-11(9)17-3)5-6-15(2)13(14)16/h7-8H,5-6H2,1-4H3,(H2,14,16). The van der Waals surface area contributed by atoms with E-state index in [9.17, 15) is 4.79 Å². The highest BCUT2D eigenvalue weighted by Gasteiger charge is 2.10. The molecule has 2 amide bonds. The lowest BCUT2D eigenvalue weighted by Crippen LogP contribution is -2.33. The Balaban J connectivity index is 2.89. The molecule has 0 saturated heterocycles. The van der Waals surface area contributed by atoms with E-state index in [4.69, 9.17) is 15.2 Å². The van der Waals surface area contributed by atoms with E-state index in [0.29, 0.717) is 13.0 Å². The van der Waals surface area contributed by atoms with Crippen molar-refractivity contribution in [2.45, 2.75) is 13.3 Å². The van der Waals surface area contributed by atoms with Crippen molar-refractivity contribution in [3.63, 3.8) is 0 Å². The molecule has 1 aromatic rings. The number of rotatable bonds is 5. The number of primary amides is 1. The van der Waals surface area contributed by atoms with Gasteiger partial charge in [-0.05, 0) is 36.6 Å². The molecule has 0 bridgehead atoms. The van der Waals surface area contributed by atoms with Crippen LogP contribution in [0.3, 0.4) is 0 Å². The fraction of sp³-hybridized carbons (Fsp3) is 0.462. The highest BCUT2D eigenvalue weighted by atomic mass is 16.5. The topological polar surface area (TPSA) is 64.8 Å². The third kappa shape index (κ3) is 3.29. The summed E-state index contributed by atoms with van der Waals surface area (Å²) in [5.41, 5.74) is 7.19. The summed E-state index contributed by atoms with van der Waals surface area (Å²) in [6.07, 6.45) is 0.666. The summed E-state index contributed by atoms with van der Waals surface area (Å²) in [5.74, 6) is 1.61. The number of methoxy groups -OCH3 is 2. The first kappa shape index (κ1) is 14.2. The second-order valence-corrected chi connectivity index (χ2v) is 4.14. The lowest BCUT2D eigenvalue weighted by molar-refractivity contribution is 0.219. The van der Waals surface area contributed by atoms with Crippen LogP contribution in [-0.4, -0.2) is 38.7 Å². The van der Waals surface area contributed by atoms with Gasteiger partial charge in [-0.1, -0.05) is 0 Å². The molecule has 0 aromatic heterocycles. The number of ether oxygens (including phenoxy) is 2. The van der Waals surface area contributed by atoms with Gasteiger partial charge in [-0.15, -0.1) is 0 Å². The van der Waals surface area contributed by atoms with Crippen molar-refractivity contribution in [1.82, 2.24) is 4.90 Å². The lowest BCUT2D eigenvalue weighted by atomic mass is 10.1. The van der Waals surface area contributed by atoms with Crippen molar-refractivity contribution in [2.24, 2.45) is 5.73 Å². The van der Waals surface area contributed by atoms with Gasteiger partial charge in [-0.2, -0.15) is 0 Å². The van der Waals surface area contributed by atoms with Crippen LogP contribution < -0.4 is 15.2 Å². The zero-order valence-corrected chi connectivity index (χ0v) is 11.3. The maximum Gasteiger partial charge on any atom is 0.314 e. The van der Waals surface area contributed by atoms with E-state index in [-0.39, 0.29) is 0 Å². The molecule has 100 valence electrons. The van der Waals surface area contributed by atoms with Gasteiger partial charge in [0.25, 0.3) is 0 Å². The second-order valence-electron chi connectivity index (χ2n) is 4.14. The average molecular weight is 252 g/mol. The number of urea groups is 1. The van der Waals surface area contributed by atoms with Gasteiger partial charge < -0.3 is 20.1 Å². The Hall–Kier alpha value is -1.91. The Labute approximate surface area is 107 Å². The van der Waals surface area contributed by atoms with Crippen LogP contribution in [0.2, 0.25) is 0 Å². The molecule has 1 aromatic carbocycles. The molecule has 0 fully saturated rings. The van der Waals surface area contributed by atoms with E-state index in [1.807, 2.05) is 19.1 Å². The quantitative estimate of drug-likeness (QED) is 0.865. The van der Waals surface area contributed by atoms with E-state index in [0.717, 1.165) is 22.6 Å². The Morgan fingerprint density at radius 3 is 2.39 bits per heavy atom. The normalized spacial score (nSPS) is 10.0. The Bertz CT molecular complexity index is 432. The highest BCUT2D eigenvalue weighted by molar-refractivity contribution is 5.71. The molecule has 0 radical (unpaired) electrons. The van der Waals surface area contributed by atoms with E-state index in [2.05, 4.69) is 0 Å². The SMILES string of the molecule is COc1cc(CCN(C)C(N)=O)c(OC)cc1C. The Morgan fingerprint density at radius 2 is 1.89 bits per heavy atom. The maximum absolute atomic E-state index is 10.9. The molecule has 0 heterocycles. The number of benzene rings is 1. The molecule has 5 nitrogen and oxygen atoms in total. The van der Waals surface area contributed by atoms with E-state index >= 15 is 0 Å². The zero-order valence-electron chi connectivity index (χ0n) is 11.3. The molecule has 5 heteroatoms. The zero-order chi connectivity index (χ0) is 13.7. The molecule has 0 atom stereocenters.